The molecule has 1 aromatic rings. The molecule has 0 aliphatic rings. The number of nitrogens with one attached hydrogen (secondary N) is 2. The van der Waals surface area contributed by atoms with Crippen LogP contribution in [0, 0.1) is 6.92 Å². The summed E-state index contributed by atoms with van der Waals surface area (Å²) in [6.45, 7) is 19.3. The van der Waals surface area contributed by atoms with Crippen molar-refractivity contribution in [1.29, 1.82) is 0 Å². The van der Waals surface area contributed by atoms with Crippen LogP contribution in [0.3, 0.4) is 0 Å². The molecule has 42 heavy (non-hydrogen) atoms. The van der Waals surface area contributed by atoms with Crippen molar-refractivity contribution in [2.75, 3.05) is 19.6 Å². The molecule has 3 N–H and O–H groups in total. The SMILES string of the molecule is C=C(NCC(NC(=O)C(/C(Cl)=C\C(=C\C)C(=O)N(CC)CC)=C(/C)Cl)C(=O)O)C(=C)S/C=C\C.Cc1ccc(Cl)cc1. The predicted molar refractivity (Wildman–Crippen MR) is 179 cm³/mol. The number of thioether (sulfide) groups is 1. The molecular weight excluding hydrogens is 617 g/mol. The Balaban J connectivity index is 0.00000179. The van der Waals surface area contributed by atoms with Crippen LogP contribution in [0.15, 0.2) is 92.9 Å². The number of aryl methyl sites for hydroxylation is 1. The summed E-state index contributed by atoms with van der Waals surface area (Å²) >= 11 is 19.4. The molecule has 0 fully saturated rings. The fourth-order valence-electron chi connectivity index (χ4n) is 3.11. The molecule has 2 amide bonds. The smallest absolute Gasteiger partial charge is 0.328 e. The maximum atomic E-state index is 12.9. The fourth-order valence-corrected chi connectivity index (χ4v) is 4.33. The van der Waals surface area contributed by atoms with Gasteiger partial charge in [0.05, 0.1) is 10.6 Å². The van der Waals surface area contributed by atoms with Crippen molar-refractivity contribution in [3.8, 4) is 0 Å². The Hall–Kier alpha value is -2.91. The second-order valence-corrected chi connectivity index (χ2v) is 11.1. The summed E-state index contributed by atoms with van der Waals surface area (Å²) < 4.78 is 0. The number of aliphatic carboxylic acids is 1. The Morgan fingerprint density at radius 1 is 1.10 bits per heavy atom. The summed E-state index contributed by atoms with van der Waals surface area (Å²) in [6.07, 6.45) is 4.76. The van der Waals surface area contributed by atoms with Crippen molar-refractivity contribution in [2.24, 2.45) is 0 Å². The van der Waals surface area contributed by atoms with Crippen molar-refractivity contribution in [2.45, 2.75) is 47.6 Å². The van der Waals surface area contributed by atoms with Gasteiger partial charge < -0.3 is 20.6 Å². The number of carboxylic acid groups (broad SMARTS) is 1. The number of rotatable bonds is 14. The number of nitrogens with zero attached hydrogens (tertiary/aromatic N) is 1. The van der Waals surface area contributed by atoms with E-state index in [2.05, 4.69) is 23.8 Å². The second-order valence-electron chi connectivity index (χ2n) is 8.65. The van der Waals surface area contributed by atoms with Crippen molar-refractivity contribution in [3.63, 3.8) is 0 Å². The van der Waals surface area contributed by atoms with Crippen molar-refractivity contribution in [1.82, 2.24) is 15.5 Å². The molecule has 7 nitrogen and oxygen atoms in total. The largest absolute Gasteiger partial charge is 0.480 e. The van der Waals surface area contributed by atoms with Gasteiger partial charge in [-0.15, -0.1) is 0 Å². The molecule has 0 heterocycles. The molecule has 1 rings (SSSR count). The molecule has 0 aliphatic carbocycles. The van der Waals surface area contributed by atoms with E-state index in [0.717, 1.165) is 5.02 Å². The van der Waals surface area contributed by atoms with Gasteiger partial charge in [-0.2, -0.15) is 0 Å². The molecule has 0 bridgehead atoms. The van der Waals surface area contributed by atoms with Gasteiger partial charge in [0.2, 0.25) is 0 Å². The van der Waals surface area contributed by atoms with Gasteiger partial charge in [0.25, 0.3) is 11.8 Å². The molecule has 0 aromatic heterocycles. The first-order valence-electron chi connectivity index (χ1n) is 13.1. The van der Waals surface area contributed by atoms with Crippen molar-refractivity contribution in [3.05, 3.63) is 103 Å². The van der Waals surface area contributed by atoms with Gasteiger partial charge in [-0.25, -0.2) is 4.79 Å². The summed E-state index contributed by atoms with van der Waals surface area (Å²) in [4.78, 5) is 39.5. The highest BCUT2D eigenvalue weighted by Crippen LogP contribution is 2.24. The van der Waals surface area contributed by atoms with Gasteiger partial charge in [0, 0.05) is 45.9 Å². The Labute approximate surface area is 269 Å². The maximum absolute atomic E-state index is 12.9. The topological polar surface area (TPSA) is 98.7 Å². The number of halogens is 3. The highest BCUT2D eigenvalue weighted by atomic mass is 35.5. The van der Waals surface area contributed by atoms with E-state index in [-0.39, 0.29) is 33.7 Å². The molecule has 1 atom stereocenters. The Bertz CT molecular complexity index is 1210. The average Bonchev–Trinajstić information content (AvgIpc) is 2.94. The molecule has 11 heteroatoms. The summed E-state index contributed by atoms with van der Waals surface area (Å²) in [6, 6.07) is 6.44. The Morgan fingerprint density at radius 2 is 1.67 bits per heavy atom. The average molecular weight is 657 g/mol. The summed E-state index contributed by atoms with van der Waals surface area (Å²) in [5.41, 5.74) is 1.82. The normalized spacial score (nSPS) is 12.9. The van der Waals surface area contributed by atoms with Crippen LogP contribution >= 0.6 is 46.6 Å². The van der Waals surface area contributed by atoms with Gasteiger partial charge >= 0.3 is 5.97 Å². The first-order chi connectivity index (χ1) is 19.7. The lowest BCUT2D eigenvalue weighted by atomic mass is 10.1. The van der Waals surface area contributed by atoms with E-state index < -0.39 is 17.9 Å². The standard InChI is InChI=1S/C24H33Cl2N3O4S.C7H7Cl/c1-8-12-34-17(7)16(6)27-14-20(24(32)33)28-22(30)21(15(5)25)19(26)13-18(9-2)23(31)29(10-3)11-4;1-6-2-4-7(8)5-3-6/h8-9,12-13,20,27H,6-7,10-11,14H2,1-5H3,(H,28,30)(H,32,33);2-5H,1H3/b12-8-,18-9-,19-13+,21-15-;. The van der Waals surface area contributed by atoms with E-state index >= 15 is 0 Å². The predicted octanol–water partition coefficient (Wildman–Crippen LogP) is 7.54. The minimum atomic E-state index is -1.31. The number of hydrogen-bond acceptors (Lipinski definition) is 5. The van der Waals surface area contributed by atoms with Gasteiger partial charge in [-0.1, -0.05) is 89.6 Å². The molecule has 0 saturated carbocycles. The monoisotopic (exact) mass is 655 g/mol. The minimum absolute atomic E-state index is 0.0436. The number of amides is 2. The molecule has 0 radical (unpaired) electrons. The van der Waals surface area contributed by atoms with Crippen molar-refractivity contribution >= 4 is 64.3 Å². The van der Waals surface area contributed by atoms with Crippen LogP contribution in [0.5, 0.6) is 0 Å². The molecule has 1 unspecified atom stereocenters. The zero-order valence-corrected chi connectivity index (χ0v) is 28.0. The molecule has 0 spiro atoms. The summed E-state index contributed by atoms with van der Waals surface area (Å²) in [5, 5.41) is 17.4. The number of allylic oxidation sites excluding steroid dienone is 3. The first-order valence-corrected chi connectivity index (χ1v) is 15.1. The van der Waals surface area contributed by atoms with Crippen LogP contribution in [0.4, 0.5) is 0 Å². The van der Waals surface area contributed by atoms with Gasteiger partial charge in [-0.3, -0.25) is 9.59 Å². The lowest BCUT2D eigenvalue weighted by molar-refractivity contribution is -0.141. The molecule has 0 aliphatic heterocycles. The third kappa shape index (κ3) is 14.3. The third-order valence-electron chi connectivity index (χ3n) is 5.52. The zero-order valence-electron chi connectivity index (χ0n) is 24.9. The van der Waals surface area contributed by atoms with Gasteiger partial charge in [0.1, 0.15) is 6.04 Å². The lowest BCUT2D eigenvalue weighted by Crippen LogP contribution is -2.47. The van der Waals surface area contributed by atoms with E-state index in [1.807, 2.05) is 63.4 Å². The van der Waals surface area contributed by atoms with E-state index in [1.54, 1.807) is 17.9 Å². The van der Waals surface area contributed by atoms with E-state index in [9.17, 15) is 19.5 Å². The van der Waals surface area contributed by atoms with E-state index in [0.29, 0.717) is 23.7 Å². The van der Waals surface area contributed by atoms with E-state index in [4.69, 9.17) is 34.8 Å². The number of benzene rings is 1. The highest BCUT2D eigenvalue weighted by Gasteiger charge is 2.25. The molecule has 0 saturated heterocycles. The third-order valence-corrected chi connectivity index (χ3v) is 7.20. The van der Waals surface area contributed by atoms with Crippen LogP contribution < -0.4 is 10.6 Å². The van der Waals surface area contributed by atoms with Gasteiger partial charge in [-0.05, 0) is 65.2 Å². The van der Waals surface area contributed by atoms with Crippen LogP contribution in [-0.2, 0) is 14.4 Å². The zero-order chi connectivity index (χ0) is 32.4. The van der Waals surface area contributed by atoms with Crippen LogP contribution in [0.25, 0.3) is 0 Å². The lowest BCUT2D eigenvalue weighted by Gasteiger charge is -2.20. The fraction of sp³-hybridized carbons (Fsp3) is 0.323. The molecule has 1 aromatic carbocycles. The summed E-state index contributed by atoms with van der Waals surface area (Å²) in [5.74, 6) is -2.31. The first kappa shape index (κ1) is 39.1. The van der Waals surface area contributed by atoms with Crippen LogP contribution in [0.2, 0.25) is 5.02 Å². The number of likely N-dealkylation sites (N-methyl/N-ethyl adjacent to an activating group) is 1. The summed E-state index contributed by atoms with van der Waals surface area (Å²) in [7, 11) is 0. The Kier molecular flexibility index (Phi) is 19.4. The highest BCUT2D eigenvalue weighted by molar-refractivity contribution is 8.06. The minimum Gasteiger partial charge on any atom is -0.480 e. The van der Waals surface area contributed by atoms with Crippen molar-refractivity contribution < 1.29 is 19.5 Å². The number of hydrogen-bond donors (Lipinski definition) is 3. The molecule has 230 valence electrons. The number of carbonyl (C=O) groups excluding carboxylic acids is 2. The quantitative estimate of drug-likeness (QED) is 0.141. The maximum Gasteiger partial charge on any atom is 0.328 e. The molecular formula is C31H40Cl3N3O4S. The van der Waals surface area contributed by atoms with E-state index in [1.165, 1.54) is 30.3 Å². The number of carbonyl (C=O) groups is 3. The van der Waals surface area contributed by atoms with Gasteiger partial charge in [0.15, 0.2) is 0 Å². The Morgan fingerprint density at radius 3 is 2.10 bits per heavy atom. The van der Waals surface area contributed by atoms with Crippen LogP contribution in [-0.4, -0.2) is 53.5 Å². The second kappa shape index (κ2) is 20.9. The van der Waals surface area contributed by atoms with Crippen LogP contribution in [0.1, 0.15) is 40.2 Å². The number of carboxylic acids is 1.